The van der Waals surface area contributed by atoms with Gasteiger partial charge < -0.3 is 9.84 Å². The lowest BCUT2D eigenvalue weighted by Crippen LogP contribution is -2.22. The van der Waals surface area contributed by atoms with Crippen LogP contribution in [-0.2, 0) is 0 Å². The minimum absolute atomic E-state index is 0.0140. The molecule has 0 aliphatic heterocycles. The summed E-state index contributed by atoms with van der Waals surface area (Å²) in [4.78, 5) is 11.8. The van der Waals surface area contributed by atoms with Crippen molar-refractivity contribution < 1.29 is 9.84 Å². The number of methoxy groups -OCH3 is 1. The molecule has 2 N–H and O–H groups in total. The molecule has 0 aliphatic carbocycles. The minimum atomic E-state index is -0.400. The first kappa shape index (κ1) is 13.9. The number of H-pyrrole nitrogens is 1. The third-order valence-electron chi connectivity index (χ3n) is 2.54. The van der Waals surface area contributed by atoms with Gasteiger partial charge in [-0.15, -0.1) is 0 Å². The highest BCUT2D eigenvalue weighted by molar-refractivity contribution is 7.71. The summed E-state index contributed by atoms with van der Waals surface area (Å²) < 4.78 is 6.06. The Labute approximate surface area is 119 Å². The molecule has 1 heterocycles. The molecule has 0 saturated carbocycles. The molecule has 0 spiro atoms. The van der Waals surface area contributed by atoms with Gasteiger partial charge in [0.25, 0.3) is 5.56 Å². The quantitative estimate of drug-likeness (QED) is 0.655. The third kappa shape index (κ3) is 2.75. The SMILES string of the molecule is COc1ccc(/C=N\n2c(=S)[nH]nc(C)c2=O)cc1O. The maximum Gasteiger partial charge on any atom is 0.296 e. The molecule has 0 saturated heterocycles. The van der Waals surface area contributed by atoms with Gasteiger partial charge in [0.05, 0.1) is 13.3 Å². The van der Waals surface area contributed by atoms with Crippen LogP contribution >= 0.6 is 12.2 Å². The lowest BCUT2D eigenvalue weighted by molar-refractivity contribution is 0.373. The van der Waals surface area contributed by atoms with E-state index in [-0.39, 0.29) is 16.2 Å². The second-order valence-electron chi connectivity index (χ2n) is 3.91. The molecule has 0 amide bonds. The standard InChI is InChI=1S/C12H12N4O3S/c1-7-11(18)16(12(20)15-14-7)13-6-8-3-4-10(19-2)9(17)5-8/h3-6,17H,1-2H3,(H,15,20)/b13-6-. The van der Waals surface area contributed by atoms with Crippen molar-refractivity contribution in [3.63, 3.8) is 0 Å². The van der Waals surface area contributed by atoms with Crippen molar-refractivity contribution in [3.05, 3.63) is 44.6 Å². The Morgan fingerprint density at radius 2 is 2.30 bits per heavy atom. The van der Waals surface area contributed by atoms with Gasteiger partial charge in [0, 0.05) is 0 Å². The Morgan fingerprint density at radius 3 is 2.95 bits per heavy atom. The average Bonchev–Trinajstić information content (AvgIpc) is 2.43. The molecule has 0 radical (unpaired) electrons. The predicted molar refractivity (Wildman–Crippen MR) is 76.1 cm³/mol. The molecule has 2 rings (SSSR count). The van der Waals surface area contributed by atoms with Crippen LogP contribution in [0, 0.1) is 11.7 Å². The molecule has 104 valence electrons. The second-order valence-corrected chi connectivity index (χ2v) is 4.29. The van der Waals surface area contributed by atoms with E-state index in [1.807, 2.05) is 0 Å². The van der Waals surface area contributed by atoms with E-state index < -0.39 is 5.56 Å². The van der Waals surface area contributed by atoms with Gasteiger partial charge in [-0.05, 0) is 42.9 Å². The number of benzene rings is 1. The summed E-state index contributed by atoms with van der Waals surface area (Å²) in [5.41, 5.74) is 0.454. The van der Waals surface area contributed by atoms with Crippen molar-refractivity contribution in [1.29, 1.82) is 0 Å². The Hall–Kier alpha value is -2.48. The van der Waals surface area contributed by atoms with Crippen LogP contribution in [0.2, 0.25) is 0 Å². The first-order valence-electron chi connectivity index (χ1n) is 5.62. The van der Waals surface area contributed by atoms with E-state index in [1.54, 1.807) is 19.1 Å². The molecule has 0 bridgehead atoms. The first-order valence-corrected chi connectivity index (χ1v) is 6.03. The number of hydrogen-bond acceptors (Lipinski definition) is 6. The van der Waals surface area contributed by atoms with Crippen LogP contribution < -0.4 is 10.3 Å². The molecule has 8 heteroatoms. The molecule has 0 atom stereocenters. The van der Waals surface area contributed by atoms with Crippen molar-refractivity contribution in [3.8, 4) is 11.5 Å². The van der Waals surface area contributed by atoms with E-state index >= 15 is 0 Å². The third-order valence-corrected chi connectivity index (χ3v) is 2.80. The number of hydrogen-bond donors (Lipinski definition) is 2. The van der Waals surface area contributed by atoms with Gasteiger partial charge in [-0.2, -0.15) is 14.9 Å². The van der Waals surface area contributed by atoms with Crippen molar-refractivity contribution in [1.82, 2.24) is 14.9 Å². The fraction of sp³-hybridized carbons (Fsp3) is 0.167. The monoisotopic (exact) mass is 292 g/mol. The van der Waals surface area contributed by atoms with E-state index in [2.05, 4.69) is 15.3 Å². The van der Waals surface area contributed by atoms with E-state index in [9.17, 15) is 9.90 Å². The fourth-order valence-electron chi connectivity index (χ4n) is 1.49. The second kappa shape index (κ2) is 5.66. The van der Waals surface area contributed by atoms with Gasteiger partial charge >= 0.3 is 0 Å². The predicted octanol–water partition coefficient (Wildman–Crippen LogP) is 1.21. The highest BCUT2D eigenvalue weighted by Gasteiger charge is 2.03. The molecule has 20 heavy (non-hydrogen) atoms. The molecule has 0 fully saturated rings. The maximum atomic E-state index is 11.8. The van der Waals surface area contributed by atoms with E-state index in [0.717, 1.165) is 4.68 Å². The molecule has 1 aromatic carbocycles. The highest BCUT2D eigenvalue weighted by Crippen LogP contribution is 2.25. The Bertz CT molecular complexity index is 779. The van der Waals surface area contributed by atoms with Gasteiger partial charge in [0.2, 0.25) is 4.77 Å². The van der Waals surface area contributed by atoms with Crippen molar-refractivity contribution in [2.75, 3.05) is 7.11 Å². The number of aromatic hydroxyl groups is 1. The Balaban J connectivity index is 2.40. The van der Waals surface area contributed by atoms with Gasteiger partial charge in [-0.1, -0.05) is 0 Å². The van der Waals surface area contributed by atoms with Crippen LogP contribution in [0.1, 0.15) is 11.3 Å². The molecule has 2 aromatic rings. The summed E-state index contributed by atoms with van der Waals surface area (Å²) in [6.45, 7) is 1.55. The smallest absolute Gasteiger partial charge is 0.296 e. The molecular weight excluding hydrogens is 280 g/mol. The summed E-state index contributed by atoms with van der Waals surface area (Å²) >= 11 is 4.94. The number of rotatable bonds is 3. The van der Waals surface area contributed by atoms with Gasteiger partial charge in [0.1, 0.15) is 5.69 Å². The van der Waals surface area contributed by atoms with Crippen LogP contribution in [0.15, 0.2) is 28.1 Å². The normalized spacial score (nSPS) is 10.9. The van der Waals surface area contributed by atoms with Crippen LogP contribution in [0.3, 0.4) is 0 Å². The summed E-state index contributed by atoms with van der Waals surface area (Å²) in [5, 5.41) is 19.9. The summed E-state index contributed by atoms with van der Waals surface area (Å²) in [7, 11) is 1.46. The van der Waals surface area contributed by atoms with E-state index in [0.29, 0.717) is 11.3 Å². The van der Waals surface area contributed by atoms with Crippen LogP contribution in [0.5, 0.6) is 11.5 Å². The van der Waals surface area contributed by atoms with Gasteiger partial charge in [0.15, 0.2) is 11.5 Å². The Morgan fingerprint density at radius 1 is 1.55 bits per heavy atom. The van der Waals surface area contributed by atoms with E-state index in [4.69, 9.17) is 17.0 Å². The first-order chi connectivity index (χ1) is 9.52. The van der Waals surface area contributed by atoms with Gasteiger partial charge in [-0.25, -0.2) is 0 Å². The fourth-order valence-corrected chi connectivity index (χ4v) is 1.66. The minimum Gasteiger partial charge on any atom is -0.504 e. The van der Waals surface area contributed by atoms with Crippen molar-refractivity contribution >= 4 is 18.4 Å². The largest absolute Gasteiger partial charge is 0.504 e. The maximum absolute atomic E-state index is 11.8. The summed E-state index contributed by atoms with van der Waals surface area (Å²) in [5.74, 6) is 0.344. The van der Waals surface area contributed by atoms with Crippen LogP contribution in [0.4, 0.5) is 0 Å². The number of aryl methyl sites for hydroxylation is 1. The van der Waals surface area contributed by atoms with Crippen molar-refractivity contribution in [2.45, 2.75) is 6.92 Å². The van der Waals surface area contributed by atoms with Gasteiger partial charge in [-0.3, -0.25) is 9.89 Å². The zero-order valence-corrected chi connectivity index (χ0v) is 11.6. The van der Waals surface area contributed by atoms with E-state index in [1.165, 1.54) is 19.4 Å². The molecule has 1 aromatic heterocycles. The summed E-state index contributed by atoms with van der Waals surface area (Å²) in [6, 6.07) is 4.75. The summed E-state index contributed by atoms with van der Waals surface area (Å²) in [6.07, 6.45) is 1.41. The zero-order chi connectivity index (χ0) is 14.7. The number of nitrogens with zero attached hydrogens (tertiary/aromatic N) is 3. The van der Waals surface area contributed by atoms with Crippen LogP contribution in [0.25, 0.3) is 0 Å². The number of nitrogens with one attached hydrogen (secondary N) is 1. The van der Waals surface area contributed by atoms with Crippen molar-refractivity contribution in [2.24, 2.45) is 5.10 Å². The Kier molecular flexibility index (Phi) is 3.94. The lowest BCUT2D eigenvalue weighted by Gasteiger charge is -2.03. The highest BCUT2D eigenvalue weighted by atomic mass is 32.1. The topological polar surface area (TPSA) is 92.5 Å². The number of aromatic amines is 1. The number of phenolic OH excluding ortho intramolecular Hbond substituents is 1. The van der Waals surface area contributed by atoms with Crippen LogP contribution in [-0.4, -0.2) is 33.3 Å². The average molecular weight is 292 g/mol. The number of aromatic nitrogens is 3. The molecule has 7 nitrogen and oxygen atoms in total. The molecule has 0 unspecified atom stereocenters. The molecular formula is C12H12N4O3S. The number of phenols is 1. The lowest BCUT2D eigenvalue weighted by atomic mass is 10.2. The molecule has 0 aliphatic rings. The zero-order valence-electron chi connectivity index (χ0n) is 10.8. The number of ether oxygens (including phenoxy) is 1.